The van der Waals surface area contributed by atoms with Gasteiger partial charge in [-0.2, -0.15) is 0 Å². The van der Waals surface area contributed by atoms with E-state index < -0.39 is 9.84 Å². The molecule has 2 rings (SSSR count). The number of aliphatic imine (C=N–C) groups is 1. The van der Waals surface area contributed by atoms with E-state index in [0.29, 0.717) is 22.6 Å². The summed E-state index contributed by atoms with van der Waals surface area (Å²) in [6.07, 6.45) is 3.61. The Labute approximate surface area is 124 Å². The molecule has 1 fully saturated rings. The fourth-order valence-corrected chi connectivity index (χ4v) is 4.20. The monoisotopic (exact) mass is 315 g/mol. The highest BCUT2D eigenvalue weighted by atomic mass is 32.2. The quantitative estimate of drug-likeness (QED) is 0.680. The number of sulfone groups is 1. The van der Waals surface area contributed by atoms with Crippen LogP contribution in [0.3, 0.4) is 0 Å². The van der Waals surface area contributed by atoms with E-state index in [1.165, 1.54) is 24.0 Å². The lowest BCUT2D eigenvalue weighted by atomic mass is 10.0. The van der Waals surface area contributed by atoms with Crippen LogP contribution in [0.25, 0.3) is 0 Å². The molecule has 1 aliphatic heterocycles. The number of likely N-dealkylation sites (tertiary alicyclic amines) is 1. The van der Waals surface area contributed by atoms with Gasteiger partial charge in [-0.05, 0) is 30.9 Å². The van der Waals surface area contributed by atoms with E-state index in [9.17, 15) is 8.42 Å². The van der Waals surface area contributed by atoms with Gasteiger partial charge in [0.25, 0.3) is 0 Å². The molecular formula is C13H21N3O2S2. The molecule has 5 nitrogen and oxygen atoms in total. The average Bonchev–Trinajstić information content (AvgIpc) is 2.84. The second kappa shape index (κ2) is 6.13. The molecule has 0 amide bonds. The Balaban J connectivity index is 1.99. The number of hydrogen-bond acceptors (Lipinski definition) is 4. The van der Waals surface area contributed by atoms with E-state index >= 15 is 0 Å². The first-order chi connectivity index (χ1) is 9.36. The summed E-state index contributed by atoms with van der Waals surface area (Å²) in [5.41, 5.74) is 6.01. The number of nitrogens with two attached hydrogens (primary N) is 1. The van der Waals surface area contributed by atoms with E-state index in [4.69, 9.17) is 5.73 Å². The van der Waals surface area contributed by atoms with Crippen molar-refractivity contribution in [1.29, 1.82) is 0 Å². The molecule has 1 unspecified atom stereocenters. The van der Waals surface area contributed by atoms with Crippen molar-refractivity contribution in [3.63, 3.8) is 0 Å². The molecule has 2 heterocycles. The number of hydrogen-bond donors (Lipinski definition) is 1. The van der Waals surface area contributed by atoms with Crippen molar-refractivity contribution in [3.05, 3.63) is 17.0 Å². The van der Waals surface area contributed by atoms with Crippen molar-refractivity contribution in [3.8, 4) is 0 Å². The van der Waals surface area contributed by atoms with Crippen molar-refractivity contribution in [2.45, 2.75) is 30.5 Å². The smallest absolute Gasteiger partial charge is 0.191 e. The predicted octanol–water partition coefficient (Wildman–Crippen LogP) is 1.70. The van der Waals surface area contributed by atoms with Crippen LogP contribution in [0.2, 0.25) is 0 Å². The molecule has 0 spiro atoms. The molecule has 0 bridgehead atoms. The minimum Gasteiger partial charge on any atom is -0.370 e. The van der Waals surface area contributed by atoms with Gasteiger partial charge in [-0.15, -0.1) is 11.3 Å². The number of thiophene rings is 1. The number of rotatable bonds is 3. The van der Waals surface area contributed by atoms with Crippen molar-refractivity contribution >= 4 is 27.1 Å². The summed E-state index contributed by atoms with van der Waals surface area (Å²) >= 11 is 1.26. The van der Waals surface area contributed by atoms with Crippen molar-refractivity contribution in [2.24, 2.45) is 16.6 Å². The summed E-state index contributed by atoms with van der Waals surface area (Å²) < 4.78 is 23.2. The van der Waals surface area contributed by atoms with Gasteiger partial charge in [0.05, 0.1) is 6.54 Å². The average molecular weight is 315 g/mol. The van der Waals surface area contributed by atoms with Crippen LogP contribution < -0.4 is 5.73 Å². The van der Waals surface area contributed by atoms with Crippen LogP contribution in [0.5, 0.6) is 0 Å². The molecule has 1 aromatic heterocycles. The Morgan fingerprint density at radius 2 is 2.30 bits per heavy atom. The highest BCUT2D eigenvalue weighted by molar-refractivity contribution is 7.92. The van der Waals surface area contributed by atoms with Gasteiger partial charge in [-0.1, -0.05) is 6.92 Å². The highest BCUT2D eigenvalue weighted by Gasteiger charge is 2.17. The Hall–Kier alpha value is -1.08. The summed E-state index contributed by atoms with van der Waals surface area (Å²) in [5, 5.41) is 0. The Kier molecular flexibility index (Phi) is 4.70. The first-order valence-electron chi connectivity index (χ1n) is 6.70. The second-order valence-electron chi connectivity index (χ2n) is 5.36. The summed E-state index contributed by atoms with van der Waals surface area (Å²) in [4.78, 5) is 7.41. The van der Waals surface area contributed by atoms with Gasteiger partial charge >= 0.3 is 0 Å². The standard InChI is InChI=1S/C13H21N3O2S2/c1-10-4-3-7-16(9-10)13(14)15-8-11-5-6-12(19-11)20(2,17)18/h5-6,10H,3-4,7-9H2,1-2H3,(H2,14,15). The van der Waals surface area contributed by atoms with Gasteiger partial charge in [0.15, 0.2) is 15.8 Å². The third-order valence-corrected chi connectivity index (χ3v) is 6.27. The van der Waals surface area contributed by atoms with Crippen LogP contribution >= 0.6 is 11.3 Å². The maximum Gasteiger partial charge on any atom is 0.191 e. The number of guanidine groups is 1. The molecule has 0 aliphatic carbocycles. The number of piperidine rings is 1. The van der Waals surface area contributed by atoms with Crippen molar-refractivity contribution in [2.75, 3.05) is 19.3 Å². The van der Waals surface area contributed by atoms with Crippen LogP contribution in [-0.4, -0.2) is 38.6 Å². The molecule has 1 atom stereocenters. The number of nitrogens with zero attached hydrogens (tertiary/aromatic N) is 2. The van der Waals surface area contributed by atoms with Crippen molar-refractivity contribution in [1.82, 2.24) is 4.90 Å². The van der Waals surface area contributed by atoms with Crippen LogP contribution in [0.1, 0.15) is 24.6 Å². The molecule has 112 valence electrons. The van der Waals surface area contributed by atoms with Gasteiger partial charge in [0.2, 0.25) is 0 Å². The molecule has 0 saturated carbocycles. The summed E-state index contributed by atoms with van der Waals surface area (Å²) in [5.74, 6) is 1.21. The van der Waals surface area contributed by atoms with E-state index in [1.54, 1.807) is 12.1 Å². The summed E-state index contributed by atoms with van der Waals surface area (Å²) in [6, 6.07) is 3.43. The Morgan fingerprint density at radius 1 is 1.55 bits per heavy atom. The third kappa shape index (κ3) is 3.96. The lowest BCUT2D eigenvalue weighted by Gasteiger charge is -2.31. The normalized spacial score (nSPS) is 21.2. The van der Waals surface area contributed by atoms with Crippen LogP contribution in [-0.2, 0) is 16.4 Å². The molecule has 0 radical (unpaired) electrons. The minimum absolute atomic E-state index is 0.382. The zero-order chi connectivity index (χ0) is 14.8. The lowest BCUT2D eigenvalue weighted by molar-refractivity contribution is 0.270. The first-order valence-corrected chi connectivity index (χ1v) is 9.40. The van der Waals surface area contributed by atoms with Gasteiger partial charge < -0.3 is 10.6 Å². The largest absolute Gasteiger partial charge is 0.370 e. The van der Waals surface area contributed by atoms with Gasteiger partial charge in [0.1, 0.15) is 4.21 Å². The predicted molar refractivity (Wildman–Crippen MR) is 82.7 cm³/mol. The summed E-state index contributed by atoms with van der Waals surface area (Å²) in [6.45, 7) is 4.57. The van der Waals surface area contributed by atoms with Crippen molar-refractivity contribution < 1.29 is 8.42 Å². The van der Waals surface area contributed by atoms with E-state index in [0.717, 1.165) is 24.4 Å². The second-order valence-corrected chi connectivity index (χ2v) is 8.77. The molecule has 20 heavy (non-hydrogen) atoms. The minimum atomic E-state index is -3.12. The zero-order valence-corrected chi connectivity index (χ0v) is 13.5. The Bertz CT molecular complexity index is 593. The van der Waals surface area contributed by atoms with Gasteiger partial charge in [0, 0.05) is 24.2 Å². The molecule has 1 aromatic rings. The lowest BCUT2D eigenvalue weighted by Crippen LogP contribution is -2.43. The molecular weight excluding hydrogens is 294 g/mol. The van der Waals surface area contributed by atoms with E-state index in [1.807, 2.05) is 0 Å². The van der Waals surface area contributed by atoms with E-state index in [2.05, 4.69) is 16.8 Å². The molecule has 7 heteroatoms. The maximum atomic E-state index is 11.4. The maximum absolute atomic E-state index is 11.4. The fourth-order valence-electron chi connectivity index (χ4n) is 2.30. The van der Waals surface area contributed by atoms with Crippen LogP contribution in [0, 0.1) is 5.92 Å². The van der Waals surface area contributed by atoms with Crippen LogP contribution in [0.15, 0.2) is 21.3 Å². The molecule has 1 aliphatic rings. The molecule has 2 N–H and O–H groups in total. The Morgan fingerprint density at radius 3 is 2.90 bits per heavy atom. The summed E-state index contributed by atoms with van der Waals surface area (Å²) in [7, 11) is -3.12. The first kappa shape index (κ1) is 15.3. The highest BCUT2D eigenvalue weighted by Crippen LogP contribution is 2.22. The van der Waals surface area contributed by atoms with E-state index in [-0.39, 0.29) is 0 Å². The molecule has 0 aromatic carbocycles. The van der Waals surface area contributed by atoms with Gasteiger partial charge in [-0.3, -0.25) is 0 Å². The van der Waals surface area contributed by atoms with Crippen LogP contribution in [0.4, 0.5) is 0 Å². The fraction of sp³-hybridized carbons (Fsp3) is 0.615. The third-order valence-electron chi connectivity index (χ3n) is 3.38. The SMILES string of the molecule is CC1CCCN(C(N)=NCc2ccc(S(C)(=O)=O)s2)C1. The molecule has 1 saturated heterocycles. The zero-order valence-electron chi connectivity index (χ0n) is 11.9. The topological polar surface area (TPSA) is 75.8 Å². The van der Waals surface area contributed by atoms with Gasteiger partial charge in [-0.25, -0.2) is 13.4 Å².